The number of nitrogens with one attached hydrogen (secondary N) is 1. The zero-order valence-corrected chi connectivity index (χ0v) is 11.5. The number of para-hydroxylation sites is 2. The van der Waals surface area contributed by atoms with Crippen molar-refractivity contribution >= 4 is 17.3 Å². The van der Waals surface area contributed by atoms with Crippen LogP contribution in [0.25, 0.3) is 0 Å². The molecule has 1 amide bonds. The van der Waals surface area contributed by atoms with Gasteiger partial charge in [0.25, 0.3) is 5.91 Å². The average molecular weight is 270 g/mol. The first-order valence-electron chi connectivity index (χ1n) is 6.88. The highest BCUT2D eigenvalue weighted by molar-refractivity contribution is 6.05. The zero-order valence-electron chi connectivity index (χ0n) is 11.5. The van der Waals surface area contributed by atoms with Gasteiger partial charge in [-0.1, -0.05) is 12.1 Å². The molecule has 0 radical (unpaired) electrons. The maximum absolute atomic E-state index is 12.2. The molecule has 5 heteroatoms. The van der Waals surface area contributed by atoms with Crippen molar-refractivity contribution in [2.75, 3.05) is 23.3 Å². The van der Waals surface area contributed by atoms with E-state index < -0.39 is 0 Å². The molecule has 1 aromatic heterocycles. The summed E-state index contributed by atoms with van der Waals surface area (Å²) < 4.78 is 1.63. The standard InChI is InChI=1S/C15H18N4O/c1-18-11-12(10-16-18)15(20)17-13-6-2-3-7-14(13)19-8-4-5-9-19/h2-3,6-7,10-11H,4-5,8-9H2,1H3,(H,17,20). The van der Waals surface area contributed by atoms with Crippen molar-refractivity contribution in [3.63, 3.8) is 0 Å². The van der Waals surface area contributed by atoms with Gasteiger partial charge in [-0.2, -0.15) is 5.10 Å². The van der Waals surface area contributed by atoms with Crippen LogP contribution in [0, 0.1) is 0 Å². The van der Waals surface area contributed by atoms with E-state index in [0.717, 1.165) is 24.5 Å². The zero-order chi connectivity index (χ0) is 13.9. The van der Waals surface area contributed by atoms with Gasteiger partial charge >= 0.3 is 0 Å². The number of hydrogen-bond donors (Lipinski definition) is 1. The molecule has 1 aromatic carbocycles. The number of carbonyl (C=O) groups is 1. The normalized spacial score (nSPS) is 14.6. The van der Waals surface area contributed by atoms with Gasteiger partial charge in [0.05, 0.1) is 23.1 Å². The molecule has 20 heavy (non-hydrogen) atoms. The molecule has 2 aromatic rings. The predicted molar refractivity (Wildman–Crippen MR) is 79.1 cm³/mol. The topological polar surface area (TPSA) is 50.2 Å². The molecule has 104 valence electrons. The Kier molecular flexibility index (Phi) is 3.41. The first-order valence-corrected chi connectivity index (χ1v) is 6.88. The number of aromatic nitrogens is 2. The van der Waals surface area contributed by atoms with Gasteiger partial charge in [0.2, 0.25) is 0 Å². The molecule has 5 nitrogen and oxygen atoms in total. The largest absolute Gasteiger partial charge is 0.370 e. The highest BCUT2D eigenvalue weighted by Crippen LogP contribution is 2.28. The fourth-order valence-corrected chi connectivity index (χ4v) is 2.55. The van der Waals surface area contributed by atoms with Crippen LogP contribution < -0.4 is 10.2 Å². The lowest BCUT2D eigenvalue weighted by molar-refractivity contribution is 0.102. The Labute approximate surface area is 118 Å². The minimum Gasteiger partial charge on any atom is -0.370 e. The summed E-state index contributed by atoms with van der Waals surface area (Å²) in [5, 5.41) is 7.01. The Morgan fingerprint density at radius 1 is 1.25 bits per heavy atom. The first kappa shape index (κ1) is 12.7. The van der Waals surface area contributed by atoms with E-state index in [9.17, 15) is 4.79 Å². The Balaban J connectivity index is 1.81. The first-order chi connectivity index (χ1) is 9.74. The van der Waals surface area contributed by atoms with Crippen LogP contribution in [0.4, 0.5) is 11.4 Å². The molecule has 3 rings (SSSR count). The fourth-order valence-electron chi connectivity index (χ4n) is 2.55. The van der Waals surface area contributed by atoms with Gasteiger partial charge in [-0.15, -0.1) is 0 Å². The number of benzene rings is 1. The van der Waals surface area contributed by atoms with E-state index in [1.807, 2.05) is 18.2 Å². The van der Waals surface area contributed by atoms with Crippen molar-refractivity contribution in [2.45, 2.75) is 12.8 Å². The Morgan fingerprint density at radius 3 is 2.70 bits per heavy atom. The number of carbonyl (C=O) groups excluding carboxylic acids is 1. The molecule has 1 fully saturated rings. The molecule has 0 spiro atoms. The maximum atomic E-state index is 12.2. The molecular formula is C15H18N4O. The SMILES string of the molecule is Cn1cc(C(=O)Nc2ccccc2N2CCCC2)cn1. The minimum absolute atomic E-state index is 0.121. The summed E-state index contributed by atoms with van der Waals surface area (Å²) in [6.07, 6.45) is 5.72. The second kappa shape index (κ2) is 5.36. The van der Waals surface area contributed by atoms with Crippen molar-refractivity contribution in [1.82, 2.24) is 9.78 Å². The third kappa shape index (κ3) is 2.52. The lowest BCUT2D eigenvalue weighted by atomic mass is 10.2. The van der Waals surface area contributed by atoms with Crippen molar-refractivity contribution in [1.29, 1.82) is 0 Å². The van der Waals surface area contributed by atoms with Crippen molar-refractivity contribution in [3.05, 3.63) is 42.2 Å². The third-order valence-electron chi connectivity index (χ3n) is 3.57. The van der Waals surface area contributed by atoms with E-state index in [2.05, 4.69) is 21.4 Å². The number of anilines is 2. The van der Waals surface area contributed by atoms with Crippen molar-refractivity contribution in [3.8, 4) is 0 Å². The molecule has 1 aliphatic heterocycles. The van der Waals surface area contributed by atoms with E-state index >= 15 is 0 Å². The van der Waals surface area contributed by atoms with Crippen molar-refractivity contribution < 1.29 is 4.79 Å². The van der Waals surface area contributed by atoms with E-state index in [0.29, 0.717) is 5.56 Å². The summed E-state index contributed by atoms with van der Waals surface area (Å²) in [5.74, 6) is -0.121. The number of amides is 1. The molecule has 2 heterocycles. The summed E-state index contributed by atoms with van der Waals surface area (Å²) >= 11 is 0. The minimum atomic E-state index is -0.121. The van der Waals surface area contributed by atoms with Crippen LogP contribution in [-0.2, 0) is 7.05 Å². The van der Waals surface area contributed by atoms with E-state index in [1.54, 1.807) is 24.1 Å². The number of nitrogens with zero attached hydrogens (tertiary/aromatic N) is 3. The quantitative estimate of drug-likeness (QED) is 0.931. The van der Waals surface area contributed by atoms with E-state index in [4.69, 9.17) is 0 Å². The van der Waals surface area contributed by atoms with Crippen LogP contribution in [0.15, 0.2) is 36.7 Å². The lowest BCUT2D eigenvalue weighted by Gasteiger charge is -2.21. The smallest absolute Gasteiger partial charge is 0.258 e. The number of rotatable bonds is 3. The molecule has 0 unspecified atom stereocenters. The van der Waals surface area contributed by atoms with E-state index in [1.165, 1.54) is 12.8 Å². The predicted octanol–water partition coefficient (Wildman–Crippen LogP) is 2.27. The Morgan fingerprint density at radius 2 is 2.00 bits per heavy atom. The van der Waals surface area contributed by atoms with Crippen LogP contribution in [-0.4, -0.2) is 28.8 Å². The molecule has 0 saturated carbocycles. The van der Waals surface area contributed by atoms with Crippen LogP contribution in [0.2, 0.25) is 0 Å². The molecule has 0 bridgehead atoms. The second-order valence-electron chi connectivity index (χ2n) is 5.07. The summed E-state index contributed by atoms with van der Waals surface area (Å²) in [7, 11) is 1.80. The van der Waals surface area contributed by atoms with Gasteiger partial charge in [0.15, 0.2) is 0 Å². The maximum Gasteiger partial charge on any atom is 0.258 e. The molecule has 1 N–H and O–H groups in total. The van der Waals surface area contributed by atoms with Gasteiger partial charge in [0, 0.05) is 26.3 Å². The molecule has 0 atom stereocenters. The Hall–Kier alpha value is -2.30. The van der Waals surface area contributed by atoms with Crippen molar-refractivity contribution in [2.24, 2.45) is 7.05 Å². The van der Waals surface area contributed by atoms with Gasteiger partial charge in [-0.3, -0.25) is 9.48 Å². The summed E-state index contributed by atoms with van der Waals surface area (Å²) in [6, 6.07) is 7.96. The van der Waals surface area contributed by atoms with Gasteiger partial charge in [0.1, 0.15) is 0 Å². The molecule has 1 saturated heterocycles. The van der Waals surface area contributed by atoms with Crippen LogP contribution in [0.1, 0.15) is 23.2 Å². The van der Waals surface area contributed by atoms with Gasteiger partial charge in [-0.05, 0) is 25.0 Å². The van der Waals surface area contributed by atoms with Gasteiger partial charge in [-0.25, -0.2) is 0 Å². The molecule has 1 aliphatic rings. The lowest BCUT2D eigenvalue weighted by Crippen LogP contribution is -2.21. The fraction of sp³-hybridized carbons (Fsp3) is 0.333. The van der Waals surface area contributed by atoms with Crippen LogP contribution in [0.3, 0.4) is 0 Å². The summed E-state index contributed by atoms with van der Waals surface area (Å²) in [5.41, 5.74) is 2.54. The monoisotopic (exact) mass is 270 g/mol. The summed E-state index contributed by atoms with van der Waals surface area (Å²) in [4.78, 5) is 14.5. The Bertz CT molecular complexity index is 614. The number of hydrogen-bond acceptors (Lipinski definition) is 3. The molecular weight excluding hydrogens is 252 g/mol. The highest BCUT2D eigenvalue weighted by Gasteiger charge is 2.17. The third-order valence-corrected chi connectivity index (χ3v) is 3.57. The second-order valence-corrected chi connectivity index (χ2v) is 5.07. The average Bonchev–Trinajstić information content (AvgIpc) is 3.10. The van der Waals surface area contributed by atoms with Crippen LogP contribution in [0.5, 0.6) is 0 Å². The molecule has 0 aliphatic carbocycles. The highest BCUT2D eigenvalue weighted by atomic mass is 16.1. The number of aryl methyl sites for hydroxylation is 1. The van der Waals surface area contributed by atoms with Gasteiger partial charge < -0.3 is 10.2 Å². The van der Waals surface area contributed by atoms with E-state index in [-0.39, 0.29) is 5.91 Å². The van der Waals surface area contributed by atoms with Crippen LogP contribution >= 0.6 is 0 Å². The summed E-state index contributed by atoms with van der Waals surface area (Å²) in [6.45, 7) is 2.11.